The molecule has 0 saturated carbocycles. The summed E-state index contributed by atoms with van der Waals surface area (Å²) in [7, 11) is 0. The third-order valence-corrected chi connectivity index (χ3v) is 17.0. The van der Waals surface area contributed by atoms with Gasteiger partial charge in [-0.2, -0.15) is 0 Å². The van der Waals surface area contributed by atoms with Crippen LogP contribution in [-0.2, 0) is 41.2 Å². The van der Waals surface area contributed by atoms with Crippen molar-refractivity contribution >= 4 is 68.6 Å². The summed E-state index contributed by atoms with van der Waals surface area (Å²) in [5.41, 5.74) is 9.29. The zero-order valence-electron chi connectivity index (χ0n) is 44.8. The summed E-state index contributed by atoms with van der Waals surface area (Å²) >= 11 is 1.13. The van der Waals surface area contributed by atoms with Gasteiger partial charge in [-0.05, 0) is 117 Å². The number of unbranched alkanes of at least 4 members (excludes halogenated alkanes) is 4. The quantitative estimate of drug-likeness (QED) is 0.0274. The molecule has 0 bridgehead atoms. The third-order valence-electron chi connectivity index (χ3n) is 15.9. The molecule has 5 aromatic rings. The number of ketones is 1. The van der Waals surface area contributed by atoms with E-state index in [0.717, 1.165) is 66.2 Å². The Balaban J connectivity index is 0.848. The first-order valence-corrected chi connectivity index (χ1v) is 28.6. The monoisotopic (exact) mass is 1110 g/mol. The smallest absolute Gasteiger partial charge is 0.270 e. The lowest BCUT2D eigenvalue weighted by molar-refractivity contribution is -0.143. The number of hydrogen-bond acceptors (Lipinski definition) is 10. The average molecular weight is 1110 g/mol. The fourth-order valence-electron chi connectivity index (χ4n) is 11.7. The Morgan fingerprint density at radius 1 is 0.850 bits per heavy atom. The zero-order valence-corrected chi connectivity index (χ0v) is 45.6. The molecule has 9 rings (SSSR count). The van der Waals surface area contributed by atoms with Gasteiger partial charge in [0.15, 0.2) is 5.78 Å². The van der Waals surface area contributed by atoms with Gasteiger partial charge in [0.2, 0.25) is 29.5 Å². The summed E-state index contributed by atoms with van der Waals surface area (Å²) in [4.78, 5) is 111. The number of carbonyl (C=O) groups excluding carboxylic acids is 8. The second-order valence-electron chi connectivity index (χ2n) is 21.5. The first-order chi connectivity index (χ1) is 38.5. The molecular formula is C62H67F2N7O8S. The van der Waals surface area contributed by atoms with Crippen molar-refractivity contribution < 1.29 is 47.1 Å². The molecule has 1 unspecified atom stereocenters. The molecule has 4 aliphatic rings. The zero-order chi connectivity index (χ0) is 56.5. The van der Waals surface area contributed by atoms with Crippen LogP contribution in [0.5, 0.6) is 0 Å². The number of amides is 7. The van der Waals surface area contributed by atoms with E-state index in [2.05, 4.69) is 33.1 Å². The van der Waals surface area contributed by atoms with Crippen LogP contribution >= 0.6 is 11.3 Å². The van der Waals surface area contributed by atoms with E-state index in [4.69, 9.17) is 5.73 Å². The van der Waals surface area contributed by atoms with E-state index in [9.17, 15) is 47.1 Å². The number of halogens is 2. The molecule has 5 heterocycles. The number of benzene rings is 4. The Morgan fingerprint density at radius 2 is 1.59 bits per heavy atom. The van der Waals surface area contributed by atoms with Crippen LogP contribution in [0.4, 0.5) is 8.78 Å². The minimum atomic E-state index is -3.08. The maximum absolute atomic E-state index is 14.9. The number of nitrogens with zero attached hydrogens (tertiary/aromatic N) is 2. The number of thiophene rings is 1. The van der Waals surface area contributed by atoms with Gasteiger partial charge >= 0.3 is 0 Å². The molecule has 18 heteroatoms. The molecular weight excluding hydrogens is 1040 g/mol. The molecule has 6 N–H and O–H groups in total. The number of nitrogens with one attached hydrogen (secondary N) is 4. The van der Waals surface area contributed by atoms with Gasteiger partial charge < -0.3 is 31.5 Å². The number of piperidine rings is 1. The largest absolute Gasteiger partial charge is 0.370 e. The van der Waals surface area contributed by atoms with Crippen LogP contribution in [0.3, 0.4) is 0 Å². The molecule has 15 nitrogen and oxygen atoms in total. The van der Waals surface area contributed by atoms with E-state index in [1.807, 2.05) is 66.7 Å². The molecule has 6 atom stereocenters. The predicted octanol–water partition coefficient (Wildman–Crippen LogP) is 7.92. The molecule has 80 heavy (non-hydrogen) atoms. The van der Waals surface area contributed by atoms with Crippen LogP contribution in [0.2, 0.25) is 0 Å². The molecule has 7 amide bonds. The highest BCUT2D eigenvalue weighted by atomic mass is 32.1. The van der Waals surface area contributed by atoms with Crippen LogP contribution in [0.15, 0.2) is 103 Å². The number of primary amides is 1. The molecule has 4 aliphatic heterocycles. The van der Waals surface area contributed by atoms with E-state index >= 15 is 0 Å². The molecule has 0 spiro atoms. The van der Waals surface area contributed by atoms with Crippen molar-refractivity contribution in [2.75, 3.05) is 6.54 Å². The van der Waals surface area contributed by atoms with Gasteiger partial charge in [0.25, 0.3) is 17.7 Å². The van der Waals surface area contributed by atoms with Crippen molar-refractivity contribution in [3.05, 3.63) is 141 Å². The van der Waals surface area contributed by atoms with E-state index in [1.165, 1.54) is 17.0 Å². The van der Waals surface area contributed by atoms with Gasteiger partial charge in [-0.3, -0.25) is 43.7 Å². The Bertz CT molecular complexity index is 3170. The van der Waals surface area contributed by atoms with Crippen LogP contribution < -0.4 is 27.0 Å². The summed E-state index contributed by atoms with van der Waals surface area (Å²) in [5, 5.41) is 12.4. The molecule has 0 radical (unpaired) electrons. The van der Waals surface area contributed by atoms with Gasteiger partial charge in [-0.25, -0.2) is 8.78 Å². The van der Waals surface area contributed by atoms with Crippen LogP contribution in [0.25, 0.3) is 10.1 Å². The maximum Gasteiger partial charge on any atom is 0.270 e. The fraction of sp³-hybridized carbons (Fsp3) is 0.419. The number of hydrogen-bond donors (Lipinski definition) is 5. The first-order valence-electron chi connectivity index (χ1n) is 27.8. The first kappa shape index (κ1) is 57.1. The topological polar surface area (TPSA) is 217 Å². The summed E-state index contributed by atoms with van der Waals surface area (Å²) in [6.07, 6.45) is 6.67. The lowest BCUT2D eigenvalue weighted by atomic mass is 9.85. The number of nitrogens with two attached hydrogens (primary N) is 1. The number of alkyl halides is 2. The summed E-state index contributed by atoms with van der Waals surface area (Å²) in [5.74, 6) is -0.359. The van der Waals surface area contributed by atoms with Gasteiger partial charge in [-0.15, -0.1) is 11.3 Å². The molecule has 3 saturated heterocycles. The Kier molecular flexibility index (Phi) is 18.3. The Labute approximate surface area is 468 Å². The number of Topliss-reactive ketones (excluding diaryl/α,β-unsaturated/α-hetero) is 1. The Morgan fingerprint density at radius 3 is 2.30 bits per heavy atom. The van der Waals surface area contributed by atoms with Crippen molar-refractivity contribution in [1.29, 1.82) is 0 Å². The molecule has 3 fully saturated rings. The van der Waals surface area contributed by atoms with E-state index in [0.29, 0.717) is 54.3 Å². The minimum absolute atomic E-state index is 0.0268. The predicted molar refractivity (Wildman–Crippen MR) is 299 cm³/mol. The fourth-order valence-corrected chi connectivity index (χ4v) is 12.6. The minimum Gasteiger partial charge on any atom is -0.370 e. The highest BCUT2D eigenvalue weighted by molar-refractivity contribution is 7.20. The standard InChI is InChI=1S/C62H67F2N7O8S/c1-62(63,64)42-22-29-53-41(33-42)34-54(80-53)59(77)68-49-25-23-43(66-32-13-5-3-2-4-8-19-40-20-14-21-45-47(40)37-70(60(45)78)50-28-31-56(74)69-57(50)75)35-44-24-27-51(71(44)61(49)79)58(76)67-48(26-30-55(65)73)52(72)36-46(38-15-9-6-10-16-38)39-17-11-7-12-18-39/h6-7,9-12,14-18,20-22,29,33-34,43-44,46,48-51,66H,2-5,13,23-28,30-32,35-37H2,1H3,(H2,65,73)(H,67,76)(H,68,77)(H,69,74,75)/t43-,44-,48+,49+,50?,51+/m1/s1. The van der Waals surface area contributed by atoms with Crippen LogP contribution in [-0.4, -0.2) is 99.7 Å². The third kappa shape index (κ3) is 13.7. The van der Waals surface area contributed by atoms with Gasteiger partial charge in [-0.1, -0.05) is 97.5 Å². The van der Waals surface area contributed by atoms with E-state index in [-0.39, 0.29) is 91.1 Å². The highest BCUT2D eigenvalue weighted by Crippen LogP contribution is 2.36. The normalized spacial score (nSPS) is 20.5. The maximum atomic E-state index is 14.9. The molecule has 0 aliphatic carbocycles. The lowest BCUT2D eigenvalue weighted by Crippen LogP contribution is -2.59. The van der Waals surface area contributed by atoms with Crippen molar-refractivity contribution in [3.63, 3.8) is 0 Å². The number of rotatable bonds is 21. The molecule has 418 valence electrons. The lowest BCUT2D eigenvalue weighted by Gasteiger charge is -2.38. The van der Waals surface area contributed by atoms with Gasteiger partial charge in [0.1, 0.15) is 18.1 Å². The van der Waals surface area contributed by atoms with Gasteiger partial charge in [0, 0.05) is 78.5 Å². The summed E-state index contributed by atoms with van der Waals surface area (Å²) < 4.78 is 29.2. The van der Waals surface area contributed by atoms with Crippen molar-refractivity contribution in [2.45, 2.75) is 158 Å². The average Bonchev–Trinajstić information content (AvgIpc) is 4.25. The van der Waals surface area contributed by atoms with Crippen LogP contribution in [0, 0.1) is 11.8 Å². The molecule has 1 aromatic heterocycles. The van der Waals surface area contributed by atoms with E-state index < -0.39 is 59.6 Å². The van der Waals surface area contributed by atoms with Crippen LogP contribution in [0.1, 0.15) is 157 Å². The summed E-state index contributed by atoms with van der Waals surface area (Å²) in [6.45, 7) is 1.75. The second kappa shape index (κ2) is 25.7. The molecule has 4 aromatic carbocycles. The second-order valence-corrected chi connectivity index (χ2v) is 22.6. The number of fused-ring (bicyclic) bond motifs is 3. The number of carbonyl (C=O) groups is 8. The van der Waals surface area contributed by atoms with Crippen molar-refractivity contribution in [2.24, 2.45) is 5.73 Å². The van der Waals surface area contributed by atoms with Gasteiger partial charge in [0.05, 0.1) is 10.9 Å². The van der Waals surface area contributed by atoms with Crippen molar-refractivity contribution in [1.82, 2.24) is 31.1 Å². The number of imide groups is 1. The van der Waals surface area contributed by atoms with Crippen molar-refractivity contribution in [3.8, 4) is 11.8 Å². The Hall–Kier alpha value is -7.62. The van der Waals surface area contributed by atoms with E-state index in [1.54, 1.807) is 29.2 Å². The highest BCUT2D eigenvalue weighted by Gasteiger charge is 2.46. The SMILES string of the molecule is CC(F)(F)c1ccc2sc(C(=O)N[C@H]3CC[C@@H](NCCCCCCC#Cc4cccc5c4CN(C4CCC(=O)NC4=O)C5=O)C[C@H]4CC[C@@H](C(=O)N[C@@H](CCC(N)=O)C(=O)CC(c5ccccc5)c5ccccc5)N4C3=O)cc2c1. The summed E-state index contributed by atoms with van der Waals surface area (Å²) in [6, 6.07) is 26.1.